The van der Waals surface area contributed by atoms with Crippen molar-refractivity contribution in [3.63, 3.8) is 0 Å². The summed E-state index contributed by atoms with van der Waals surface area (Å²) >= 11 is 11.4. The average Bonchev–Trinajstić information content (AvgIpc) is 2.25. The summed E-state index contributed by atoms with van der Waals surface area (Å²) in [7, 11) is -1.91. The standard InChI is InChI=1S/C11H13Cl2F3N2OS/c1-10(2,20(17)19)4-7(11(14,15)16)9-8(13)3-6(12)5-18-9/h3,5,7H,4,17H2,1-2H3/t7-,20?/m1/s1. The van der Waals surface area contributed by atoms with Gasteiger partial charge in [-0.2, -0.15) is 13.2 Å². The molecule has 1 unspecified atom stereocenters. The molecule has 0 fully saturated rings. The second-order valence-electron chi connectivity index (χ2n) is 4.88. The molecule has 1 rings (SSSR count). The highest BCUT2D eigenvalue weighted by molar-refractivity contribution is 7.84. The normalized spacial score (nSPS) is 16.0. The van der Waals surface area contributed by atoms with E-state index in [2.05, 4.69) is 4.98 Å². The predicted octanol–water partition coefficient (Wildman–Crippen LogP) is 3.83. The van der Waals surface area contributed by atoms with Crippen LogP contribution in [0, 0.1) is 0 Å². The molecule has 2 atom stereocenters. The van der Waals surface area contributed by atoms with Gasteiger partial charge in [-0.15, -0.1) is 0 Å². The Morgan fingerprint density at radius 3 is 2.35 bits per heavy atom. The lowest BCUT2D eigenvalue weighted by atomic mass is 9.92. The molecular formula is C11H13Cl2F3N2OS. The Balaban J connectivity index is 3.24. The SMILES string of the molecule is CC(C)(C[C@H](c1ncc(Cl)cc1Cl)C(F)(F)F)S(N)=O. The maximum Gasteiger partial charge on any atom is 0.397 e. The number of halogens is 5. The minimum absolute atomic E-state index is 0.140. The zero-order chi connectivity index (χ0) is 15.7. The van der Waals surface area contributed by atoms with Crippen molar-refractivity contribution >= 4 is 34.2 Å². The Hall–Kier alpha value is -0.370. The molecule has 20 heavy (non-hydrogen) atoms. The number of alkyl halides is 3. The Labute approximate surface area is 127 Å². The second-order valence-corrected chi connectivity index (χ2v) is 7.42. The fourth-order valence-electron chi connectivity index (χ4n) is 1.62. The van der Waals surface area contributed by atoms with Gasteiger partial charge in [0.15, 0.2) is 0 Å². The summed E-state index contributed by atoms with van der Waals surface area (Å²) in [5.41, 5.74) is -0.345. The van der Waals surface area contributed by atoms with E-state index in [1.54, 1.807) is 0 Å². The van der Waals surface area contributed by atoms with Gasteiger partial charge in [0.1, 0.15) is 0 Å². The van der Waals surface area contributed by atoms with E-state index in [1.165, 1.54) is 19.9 Å². The van der Waals surface area contributed by atoms with Crippen LogP contribution >= 0.6 is 23.2 Å². The second kappa shape index (κ2) is 6.17. The van der Waals surface area contributed by atoms with Crippen LogP contribution in [-0.4, -0.2) is 20.1 Å². The van der Waals surface area contributed by atoms with Gasteiger partial charge in [-0.25, -0.2) is 4.21 Å². The fraction of sp³-hybridized carbons (Fsp3) is 0.545. The third-order valence-corrected chi connectivity index (χ3v) is 4.57. The molecule has 0 aliphatic rings. The summed E-state index contributed by atoms with van der Waals surface area (Å²) in [6.07, 6.45) is -3.98. The van der Waals surface area contributed by atoms with Crippen molar-refractivity contribution in [3.05, 3.63) is 28.0 Å². The minimum atomic E-state index is -4.58. The monoisotopic (exact) mass is 348 g/mol. The zero-order valence-electron chi connectivity index (χ0n) is 10.7. The van der Waals surface area contributed by atoms with Gasteiger partial charge in [0.25, 0.3) is 0 Å². The van der Waals surface area contributed by atoms with Gasteiger partial charge in [0.2, 0.25) is 0 Å². The number of pyridine rings is 1. The van der Waals surface area contributed by atoms with Gasteiger partial charge in [0, 0.05) is 6.20 Å². The van der Waals surface area contributed by atoms with Gasteiger partial charge >= 0.3 is 6.18 Å². The fourth-order valence-corrected chi connectivity index (χ4v) is 2.47. The van der Waals surface area contributed by atoms with Gasteiger partial charge < -0.3 is 0 Å². The Kier molecular flexibility index (Phi) is 5.46. The third kappa shape index (κ3) is 4.31. The molecule has 2 N–H and O–H groups in total. The van der Waals surface area contributed by atoms with E-state index in [1.807, 2.05) is 0 Å². The smallest absolute Gasteiger partial charge is 0.258 e. The molecule has 1 aromatic heterocycles. The quantitative estimate of drug-likeness (QED) is 0.898. The van der Waals surface area contributed by atoms with Crippen LogP contribution in [0.25, 0.3) is 0 Å². The number of aromatic nitrogens is 1. The first-order chi connectivity index (χ1) is 8.95. The summed E-state index contributed by atoms with van der Waals surface area (Å²) in [4.78, 5) is 3.66. The predicted molar refractivity (Wildman–Crippen MR) is 74.1 cm³/mol. The number of hydrogen-bond acceptors (Lipinski definition) is 2. The molecule has 1 heterocycles. The molecular weight excluding hydrogens is 336 g/mol. The van der Waals surface area contributed by atoms with E-state index in [0.29, 0.717) is 0 Å². The molecule has 0 aliphatic heterocycles. The lowest BCUT2D eigenvalue weighted by molar-refractivity contribution is -0.153. The van der Waals surface area contributed by atoms with Crippen LogP contribution in [0.5, 0.6) is 0 Å². The zero-order valence-corrected chi connectivity index (χ0v) is 13.0. The first kappa shape index (κ1) is 17.7. The van der Waals surface area contributed by atoms with Crippen molar-refractivity contribution in [2.45, 2.75) is 37.1 Å². The van der Waals surface area contributed by atoms with E-state index in [9.17, 15) is 17.4 Å². The minimum Gasteiger partial charge on any atom is -0.258 e. The number of nitrogens with two attached hydrogens (primary N) is 1. The maximum atomic E-state index is 13.2. The lowest BCUT2D eigenvalue weighted by Crippen LogP contribution is -2.37. The average molecular weight is 349 g/mol. The van der Waals surface area contributed by atoms with Gasteiger partial charge in [-0.3, -0.25) is 10.1 Å². The van der Waals surface area contributed by atoms with Crippen LogP contribution in [0.1, 0.15) is 31.9 Å². The summed E-state index contributed by atoms with van der Waals surface area (Å²) in [5.74, 6) is -1.96. The summed E-state index contributed by atoms with van der Waals surface area (Å²) in [6, 6.07) is 1.19. The van der Waals surface area contributed by atoms with Crippen LogP contribution in [0.4, 0.5) is 13.2 Å². The molecule has 0 aromatic carbocycles. The molecule has 0 amide bonds. The molecule has 0 spiro atoms. The van der Waals surface area contributed by atoms with Crippen LogP contribution in [0.15, 0.2) is 12.3 Å². The molecule has 0 saturated carbocycles. The Bertz CT molecular complexity index is 523. The molecule has 0 bridgehead atoms. The van der Waals surface area contributed by atoms with Crippen molar-refractivity contribution in [3.8, 4) is 0 Å². The van der Waals surface area contributed by atoms with Crippen LogP contribution < -0.4 is 5.14 Å². The summed E-state index contributed by atoms with van der Waals surface area (Å²) in [6.45, 7) is 2.79. The Morgan fingerprint density at radius 2 is 1.95 bits per heavy atom. The van der Waals surface area contributed by atoms with Crippen LogP contribution in [-0.2, 0) is 11.0 Å². The van der Waals surface area contributed by atoms with E-state index in [0.717, 1.165) is 6.20 Å². The van der Waals surface area contributed by atoms with Crippen LogP contribution in [0.3, 0.4) is 0 Å². The molecule has 3 nitrogen and oxygen atoms in total. The molecule has 114 valence electrons. The van der Waals surface area contributed by atoms with Gasteiger partial charge in [0.05, 0.1) is 37.4 Å². The van der Waals surface area contributed by atoms with Gasteiger partial charge in [-0.05, 0) is 26.3 Å². The van der Waals surface area contributed by atoms with Crippen LogP contribution in [0.2, 0.25) is 10.0 Å². The molecule has 1 aromatic rings. The van der Waals surface area contributed by atoms with E-state index in [4.69, 9.17) is 28.3 Å². The summed E-state index contributed by atoms with van der Waals surface area (Å²) < 4.78 is 49.7. The highest BCUT2D eigenvalue weighted by atomic mass is 35.5. The van der Waals surface area contributed by atoms with E-state index >= 15 is 0 Å². The summed E-state index contributed by atoms with van der Waals surface area (Å²) in [5, 5.41) is 5.19. The Morgan fingerprint density at radius 1 is 1.40 bits per heavy atom. The largest absolute Gasteiger partial charge is 0.397 e. The third-order valence-electron chi connectivity index (χ3n) is 2.80. The number of hydrogen-bond donors (Lipinski definition) is 1. The van der Waals surface area contributed by atoms with Crippen molar-refractivity contribution < 1.29 is 17.4 Å². The lowest BCUT2D eigenvalue weighted by Gasteiger charge is -2.29. The highest BCUT2D eigenvalue weighted by Crippen LogP contribution is 2.43. The van der Waals surface area contributed by atoms with Crippen molar-refractivity contribution in [1.82, 2.24) is 4.98 Å². The van der Waals surface area contributed by atoms with Crippen molar-refractivity contribution in [1.29, 1.82) is 0 Å². The highest BCUT2D eigenvalue weighted by Gasteiger charge is 2.46. The molecule has 0 aliphatic carbocycles. The van der Waals surface area contributed by atoms with Gasteiger partial charge in [-0.1, -0.05) is 23.2 Å². The number of rotatable bonds is 4. The topological polar surface area (TPSA) is 56.0 Å². The van der Waals surface area contributed by atoms with E-state index in [-0.39, 0.29) is 15.7 Å². The molecule has 0 saturated heterocycles. The van der Waals surface area contributed by atoms with E-state index < -0.39 is 34.2 Å². The van der Waals surface area contributed by atoms with Crippen molar-refractivity contribution in [2.24, 2.45) is 5.14 Å². The molecule has 9 heteroatoms. The van der Waals surface area contributed by atoms with Crippen molar-refractivity contribution in [2.75, 3.05) is 0 Å². The first-order valence-electron chi connectivity index (χ1n) is 5.49. The first-order valence-corrected chi connectivity index (χ1v) is 7.46. The molecule has 0 radical (unpaired) electrons. The number of nitrogens with zero attached hydrogens (tertiary/aromatic N) is 1. The maximum absolute atomic E-state index is 13.2.